The van der Waals surface area contributed by atoms with Gasteiger partial charge in [0.05, 0.1) is 18.3 Å². The first kappa shape index (κ1) is 13.8. The van der Waals surface area contributed by atoms with Crippen LogP contribution < -0.4 is 5.32 Å². The number of amides is 1. The lowest BCUT2D eigenvalue weighted by Crippen LogP contribution is -2.44. The lowest BCUT2D eigenvalue weighted by atomic mass is 10.1. The highest BCUT2D eigenvalue weighted by Gasteiger charge is 2.40. The fourth-order valence-corrected chi connectivity index (χ4v) is 2.96. The quantitative estimate of drug-likeness (QED) is 0.812. The number of ether oxygens (including phenoxy) is 1. The number of hydrogen-bond donors (Lipinski definition) is 1. The zero-order valence-corrected chi connectivity index (χ0v) is 11.8. The van der Waals surface area contributed by atoms with Crippen LogP contribution in [0.1, 0.15) is 46.5 Å². The largest absolute Gasteiger partial charge is 0.376 e. The van der Waals surface area contributed by atoms with Gasteiger partial charge in [0.15, 0.2) is 0 Å². The van der Waals surface area contributed by atoms with E-state index in [1.807, 2.05) is 4.90 Å². The Bertz CT molecular complexity index is 288. The average Bonchev–Trinajstić information content (AvgIpc) is 2.92. The van der Waals surface area contributed by atoms with Crippen molar-refractivity contribution in [2.45, 2.75) is 64.8 Å². The first-order chi connectivity index (χ1) is 8.63. The molecule has 2 aliphatic rings. The monoisotopic (exact) mass is 254 g/mol. The predicted molar refractivity (Wildman–Crippen MR) is 71.1 cm³/mol. The molecule has 0 aromatic carbocycles. The Hall–Kier alpha value is -0.610. The van der Waals surface area contributed by atoms with Gasteiger partial charge in [-0.1, -0.05) is 27.2 Å². The van der Waals surface area contributed by atoms with Gasteiger partial charge in [0, 0.05) is 13.2 Å². The van der Waals surface area contributed by atoms with Gasteiger partial charge in [-0.05, 0) is 25.2 Å². The Morgan fingerprint density at radius 1 is 1.50 bits per heavy atom. The van der Waals surface area contributed by atoms with E-state index in [2.05, 4.69) is 26.1 Å². The minimum Gasteiger partial charge on any atom is -0.376 e. The van der Waals surface area contributed by atoms with Crippen LogP contribution in [-0.2, 0) is 9.53 Å². The molecule has 0 saturated carbocycles. The Morgan fingerprint density at radius 3 is 2.83 bits per heavy atom. The maximum atomic E-state index is 12.4. The van der Waals surface area contributed by atoms with Gasteiger partial charge in [-0.2, -0.15) is 0 Å². The molecule has 2 fully saturated rings. The van der Waals surface area contributed by atoms with Crippen LogP contribution in [-0.4, -0.2) is 42.3 Å². The van der Waals surface area contributed by atoms with Crippen LogP contribution in [0.4, 0.5) is 0 Å². The van der Waals surface area contributed by atoms with Gasteiger partial charge in [-0.25, -0.2) is 0 Å². The summed E-state index contributed by atoms with van der Waals surface area (Å²) in [6.45, 7) is 8.07. The van der Waals surface area contributed by atoms with Crippen molar-refractivity contribution >= 4 is 5.91 Å². The van der Waals surface area contributed by atoms with Crippen LogP contribution in [0.3, 0.4) is 0 Å². The highest BCUT2D eigenvalue weighted by Crippen LogP contribution is 2.23. The fraction of sp³-hybridized carbons (Fsp3) is 0.929. The number of hydrogen-bond acceptors (Lipinski definition) is 3. The van der Waals surface area contributed by atoms with Gasteiger partial charge in [0.1, 0.15) is 0 Å². The molecule has 0 aromatic heterocycles. The summed E-state index contributed by atoms with van der Waals surface area (Å²) in [5.74, 6) is 0.711. The van der Waals surface area contributed by atoms with E-state index in [1.165, 1.54) is 0 Å². The minimum atomic E-state index is 0.0174. The summed E-state index contributed by atoms with van der Waals surface area (Å²) in [6, 6.07) is 0.0174. The highest BCUT2D eigenvalue weighted by atomic mass is 16.5. The van der Waals surface area contributed by atoms with Crippen molar-refractivity contribution < 1.29 is 9.53 Å². The van der Waals surface area contributed by atoms with E-state index in [-0.39, 0.29) is 24.2 Å². The van der Waals surface area contributed by atoms with Gasteiger partial charge in [-0.15, -0.1) is 0 Å². The van der Waals surface area contributed by atoms with E-state index in [0.29, 0.717) is 5.92 Å². The summed E-state index contributed by atoms with van der Waals surface area (Å²) in [7, 11) is 0. The second-order valence-electron chi connectivity index (χ2n) is 5.82. The van der Waals surface area contributed by atoms with Crippen molar-refractivity contribution in [1.29, 1.82) is 0 Å². The topological polar surface area (TPSA) is 41.6 Å². The SMILES string of the molecule is CCCC1NC(C(C)C)N(CC2CCCO2)C1=O. The lowest BCUT2D eigenvalue weighted by Gasteiger charge is -2.29. The Balaban J connectivity index is 2.01. The molecule has 2 rings (SSSR count). The van der Waals surface area contributed by atoms with Crippen LogP contribution in [0.25, 0.3) is 0 Å². The summed E-state index contributed by atoms with van der Waals surface area (Å²) in [6.07, 6.45) is 4.62. The van der Waals surface area contributed by atoms with Gasteiger partial charge >= 0.3 is 0 Å². The molecule has 0 spiro atoms. The predicted octanol–water partition coefficient (Wildman–Crippen LogP) is 1.75. The first-order valence-corrected chi connectivity index (χ1v) is 7.31. The summed E-state index contributed by atoms with van der Waals surface area (Å²) in [5, 5.41) is 3.49. The first-order valence-electron chi connectivity index (χ1n) is 7.31. The maximum absolute atomic E-state index is 12.4. The molecular formula is C14H26N2O2. The molecule has 0 aromatic rings. The van der Waals surface area contributed by atoms with E-state index < -0.39 is 0 Å². The molecule has 4 nitrogen and oxygen atoms in total. The van der Waals surface area contributed by atoms with Gasteiger partial charge in [-0.3, -0.25) is 10.1 Å². The zero-order valence-electron chi connectivity index (χ0n) is 11.8. The standard InChI is InChI=1S/C14H26N2O2/c1-4-6-12-14(17)16(13(15-12)10(2)3)9-11-7-5-8-18-11/h10-13,15H,4-9H2,1-3H3. The molecule has 2 saturated heterocycles. The molecular weight excluding hydrogens is 228 g/mol. The van der Waals surface area contributed by atoms with Crippen LogP contribution >= 0.6 is 0 Å². The van der Waals surface area contributed by atoms with Crippen molar-refractivity contribution in [2.24, 2.45) is 5.92 Å². The molecule has 0 radical (unpaired) electrons. The van der Waals surface area contributed by atoms with E-state index in [1.54, 1.807) is 0 Å². The third kappa shape index (κ3) is 2.86. The summed E-state index contributed by atoms with van der Waals surface area (Å²) in [4.78, 5) is 14.4. The van der Waals surface area contributed by atoms with Crippen LogP contribution in [0.2, 0.25) is 0 Å². The smallest absolute Gasteiger partial charge is 0.241 e. The number of carbonyl (C=O) groups is 1. The summed E-state index contributed by atoms with van der Waals surface area (Å²) < 4.78 is 5.66. The van der Waals surface area contributed by atoms with E-state index >= 15 is 0 Å². The Morgan fingerprint density at radius 2 is 2.28 bits per heavy atom. The third-order valence-electron chi connectivity index (χ3n) is 3.92. The van der Waals surface area contributed by atoms with Gasteiger partial charge < -0.3 is 9.64 Å². The number of nitrogens with one attached hydrogen (secondary N) is 1. The molecule has 0 aliphatic carbocycles. The van der Waals surface area contributed by atoms with E-state index in [9.17, 15) is 4.79 Å². The van der Waals surface area contributed by atoms with Crippen molar-refractivity contribution in [3.8, 4) is 0 Å². The van der Waals surface area contributed by atoms with Crippen molar-refractivity contribution in [1.82, 2.24) is 10.2 Å². The van der Waals surface area contributed by atoms with E-state index in [4.69, 9.17) is 4.74 Å². The molecule has 1 N–H and O–H groups in total. The van der Waals surface area contributed by atoms with Gasteiger partial charge in [0.2, 0.25) is 5.91 Å². The molecule has 2 aliphatic heterocycles. The zero-order chi connectivity index (χ0) is 13.1. The molecule has 2 heterocycles. The molecule has 18 heavy (non-hydrogen) atoms. The molecule has 0 bridgehead atoms. The molecule has 1 amide bonds. The molecule has 4 heteroatoms. The van der Waals surface area contributed by atoms with E-state index in [0.717, 1.165) is 38.8 Å². The fourth-order valence-electron chi connectivity index (χ4n) is 2.96. The lowest BCUT2D eigenvalue weighted by molar-refractivity contribution is -0.132. The number of nitrogens with zero attached hydrogens (tertiary/aromatic N) is 1. The molecule has 3 atom stereocenters. The number of carbonyl (C=O) groups excluding carboxylic acids is 1. The second kappa shape index (κ2) is 6.02. The summed E-state index contributed by atoms with van der Waals surface area (Å²) >= 11 is 0. The summed E-state index contributed by atoms with van der Waals surface area (Å²) in [5.41, 5.74) is 0. The second-order valence-corrected chi connectivity index (χ2v) is 5.82. The maximum Gasteiger partial charge on any atom is 0.241 e. The minimum absolute atomic E-state index is 0.0174. The molecule has 104 valence electrons. The molecule has 3 unspecified atom stereocenters. The Kier molecular flexibility index (Phi) is 4.62. The highest BCUT2D eigenvalue weighted by molar-refractivity contribution is 5.84. The number of rotatable bonds is 5. The van der Waals surface area contributed by atoms with Gasteiger partial charge in [0.25, 0.3) is 0 Å². The van der Waals surface area contributed by atoms with Crippen molar-refractivity contribution in [3.05, 3.63) is 0 Å². The van der Waals surface area contributed by atoms with Crippen molar-refractivity contribution in [2.75, 3.05) is 13.2 Å². The van der Waals surface area contributed by atoms with Crippen molar-refractivity contribution in [3.63, 3.8) is 0 Å². The third-order valence-corrected chi connectivity index (χ3v) is 3.92. The average molecular weight is 254 g/mol. The normalized spacial score (nSPS) is 32.8. The van der Waals surface area contributed by atoms with Crippen LogP contribution in [0.5, 0.6) is 0 Å². The van der Waals surface area contributed by atoms with Crippen LogP contribution in [0, 0.1) is 5.92 Å². The van der Waals surface area contributed by atoms with Crippen LogP contribution in [0.15, 0.2) is 0 Å². The Labute approximate surface area is 110 Å².